The number of Topliss-reactive ketones (excluding diaryl/α,β-unsaturated/α-hetero) is 1. The van der Waals surface area contributed by atoms with Gasteiger partial charge in [0.15, 0.2) is 5.78 Å². The molecule has 1 aliphatic rings. The number of nitrogens with zero attached hydrogens (tertiary/aromatic N) is 1. The Bertz CT molecular complexity index is 507. The van der Waals surface area contributed by atoms with Gasteiger partial charge in [-0.3, -0.25) is 4.79 Å². The fraction of sp³-hybridized carbons (Fsp3) is 0.533. The Morgan fingerprint density at radius 3 is 2.90 bits per heavy atom. The van der Waals surface area contributed by atoms with E-state index < -0.39 is 0 Å². The molecule has 0 unspecified atom stereocenters. The molecule has 0 aliphatic carbocycles. The predicted molar refractivity (Wildman–Crippen MR) is 91.1 cm³/mol. The molecule has 1 saturated heterocycles. The minimum Gasteiger partial charge on any atom is -0.301 e. The Morgan fingerprint density at radius 2 is 2.25 bits per heavy atom. The first-order valence-corrected chi connectivity index (χ1v) is 8.88. The van der Waals surface area contributed by atoms with E-state index >= 15 is 0 Å². The highest BCUT2D eigenvalue weighted by molar-refractivity contribution is 9.10. The van der Waals surface area contributed by atoms with E-state index in [-0.39, 0.29) is 10.5 Å². The van der Waals surface area contributed by atoms with Gasteiger partial charge >= 0.3 is 0 Å². The highest BCUT2D eigenvalue weighted by Gasteiger charge is 2.27. The van der Waals surface area contributed by atoms with Gasteiger partial charge in [0, 0.05) is 46.6 Å². The molecule has 1 heterocycles. The molecule has 1 aromatic carbocycles. The standard InChI is InChI=1S/C15H19BrClNOS/c1-15(2)10-18(7-8-20-15)6-5-14(19)12-4-3-11(16)9-13(12)17/h3-4,9H,5-8,10H2,1-2H3. The zero-order valence-electron chi connectivity index (χ0n) is 11.8. The average Bonchev–Trinajstić information content (AvgIpc) is 2.35. The molecule has 0 spiro atoms. The van der Waals surface area contributed by atoms with E-state index in [2.05, 4.69) is 34.7 Å². The summed E-state index contributed by atoms with van der Waals surface area (Å²) in [6, 6.07) is 5.43. The summed E-state index contributed by atoms with van der Waals surface area (Å²) in [5, 5.41) is 0.527. The number of rotatable bonds is 4. The molecule has 0 atom stereocenters. The Hall–Kier alpha value is -0.0300. The number of halogens is 2. The fourth-order valence-corrected chi connectivity index (χ4v) is 4.37. The molecule has 0 N–H and O–H groups in total. The Labute approximate surface area is 138 Å². The van der Waals surface area contributed by atoms with E-state index in [0.717, 1.165) is 29.9 Å². The summed E-state index contributed by atoms with van der Waals surface area (Å²) >= 11 is 11.5. The van der Waals surface area contributed by atoms with E-state index in [0.29, 0.717) is 17.0 Å². The summed E-state index contributed by atoms with van der Waals surface area (Å²) in [6.07, 6.45) is 0.530. The van der Waals surface area contributed by atoms with Crippen LogP contribution in [0.25, 0.3) is 0 Å². The summed E-state index contributed by atoms with van der Waals surface area (Å²) in [7, 11) is 0. The number of carbonyl (C=O) groups is 1. The zero-order chi connectivity index (χ0) is 14.8. The van der Waals surface area contributed by atoms with Crippen LogP contribution in [0, 0.1) is 0 Å². The van der Waals surface area contributed by atoms with Crippen molar-refractivity contribution in [3.05, 3.63) is 33.3 Å². The van der Waals surface area contributed by atoms with Crippen LogP contribution in [0.3, 0.4) is 0 Å². The van der Waals surface area contributed by atoms with Crippen LogP contribution in [0.4, 0.5) is 0 Å². The Morgan fingerprint density at radius 1 is 1.50 bits per heavy atom. The summed E-state index contributed by atoms with van der Waals surface area (Å²) in [5.74, 6) is 1.26. The second-order valence-electron chi connectivity index (χ2n) is 5.68. The van der Waals surface area contributed by atoms with Gasteiger partial charge in [0.1, 0.15) is 0 Å². The third-order valence-corrected chi connectivity index (χ3v) is 5.49. The van der Waals surface area contributed by atoms with Gasteiger partial charge in [0.2, 0.25) is 0 Å². The van der Waals surface area contributed by atoms with Crippen molar-refractivity contribution in [3.63, 3.8) is 0 Å². The summed E-state index contributed by atoms with van der Waals surface area (Å²) in [6.45, 7) is 7.44. The molecule has 0 amide bonds. The lowest BCUT2D eigenvalue weighted by molar-refractivity contribution is 0.0963. The fourth-order valence-electron chi connectivity index (χ4n) is 2.42. The highest BCUT2D eigenvalue weighted by Crippen LogP contribution is 2.29. The summed E-state index contributed by atoms with van der Waals surface area (Å²) in [4.78, 5) is 14.6. The minimum absolute atomic E-state index is 0.124. The molecule has 0 aromatic heterocycles. The largest absolute Gasteiger partial charge is 0.301 e. The molecule has 110 valence electrons. The van der Waals surface area contributed by atoms with Crippen molar-refractivity contribution in [1.82, 2.24) is 4.90 Å². The van der Waals surface area contributed by atoms with Crippen LogP contribution >= 0.6 is 39.3 Å². The van der Waals surface area contributed by atoms with E-state index in [1.54, 1.807) is 12.1 Å². The number of hydrogen-bond acceptors (Lipinski definition) is 3. The van der Waals surface area contributed by atoms with E-state index in [9.17, 15) is 4.79 Å². The third kappa shape index (κ3) is 4.48. The van der Waals surface area contributed by atoms with Gasteiger partial charge in [0.05, 0.1) is 5.02 Å². The molecule has 1 fully saturated rings. The van der Waals surface area contributed by atoms with Gasteiger partial charge in [-0.25, -0.2) is 0 Å². The molecule has 2 nitrogen and oxygen atoms in total. The Kier molecular flexibility index (Phi) is 5.57. The maximum atomic E-state index is 12.2. The normalized spacial score (nSPS) is 19.0. The number of benzene rings is 1. The molecule has 1 aliphatic heterocycles. The lowest BCUT2D eigenvalue weighted by atomic mass is 10.1. The van der Waals surface area contributed by atoms with Gasteiger partial charge in [0.25, 0.3) is 0 Å². The van der Waals surface area contributed by atoms with Crippen LogP contribution in [0.5, 0.6) is 0 Å². The lowest BCUT2D eigenvalue weighted by Gasteiger charge is -2.37. The highest BCUT2D eigenvalue weighted by atomic mass is 79.9. The van der Waals surface area contributed by atoms with Crippen molar-refractivity contribution in [1.29, 1.82) is 0 Å². The van der Waals surface area contributed by atoms with Crippen molar-refractivity contribution in [2.24, 2.45) is 0 Å². The summed E-state index contributed by atoms with van der Waals surface area (Å²) in [5.41, 5.74) is 0.625. The molecule has 0 saturated carbocycles. The smallest absolute Gasteiger partial charge is 0.165 e. The van der Waals surface area contributed by atoms with E-state index in [1.165, 1.54) is 0 Å². The molecule has 2 rings (SSSR count). The number of ketones is 1. The SMILES string of the molecule is CC1(C)CN(CCC(=O)c2ccc(Br)cc2Cl)CCS1. The Balaban J connectivity index is 1.92. The van der Waals surface area contributed by atoms with Crippen molar-refractivity contribution in [3.8, 4) is 0 Å². The second-order valence-corrected chi connectivity index (χ2v) is 8.81. The molecule has 1 aromatic rings. The van der Waals surface area contributed by atoms with E-state index in [1.807, 2.05) is 17.8 Å². The number of hydrogen-bond donors (Lipinski definition) is 0. The van der Waals surface area contributed by atoms with Gasteiger partial charge in [-0.15, -0.1) is 0 Å². The third-order valence-electron chi connectivity index (χ3n) is 3.39. The van der Waals surface area contributed by atoms with Gasteiger partial charge in [-0.05, 0) is 32.0 Å². The van der Waals surface area contributed by atoms with Crippen molar-refractivity contribution in [2.75, 3.05) is 25.4 Å². The topological polar surface area (TPSA) is 20.3 Å². The average molecular weight is 377 g/mol. The van der Waals surface area contributed by atoms with E-state index in [4.69, 9.17) is 11.6 Å². The lowest BCUT2D eigenvalue weighted by Crippen LogP contribution is -2.43. The van der Waals surface area contributed by atoms with Crippen molar-refractivity contribution < 1.29 is 4.79 Å². The van der Waals surface area contributed by atoms with Gasteiger partial charge in [-0.2, -0.15) is 11.8 Å². The first-order chi connectivity index (χ1) is 9.37. The number of thioether (sulfide) groups is 1. The van der Waals surface area contributed by atoms with Crippen LogP contribution in [-0.2, 0) is 0 Å². The van der Waals surface area contributed by atoms with Crippen LogP contribution in [0.1, 0.15) is 30.6 Å². The predicted octanol–water partition coefficient (Wildman–Crippen LogP) is 4.50. The monoisotopic (exact) mass is 375 g/mol. The molecule has 5 heteroatoms. The first-order valence-electron chi connectivity index (χ1n) is 6.72. The van der Waals surface area contributed by atoms with Crippen LogP contribution in [0.2, 0.25) is 5.02 Å². The van der Waals surface area contributed by atoms with Crippen molar-refractivity contribution >= 4 is 45.1 Å². The second kappa shape index (κ2) is 6.82. The summed E-state index contributed by atoms with van der Waals surface area (Å²) < 4.78 is 1.19. The molecular weight excluding hydrogens is 358 g/mol. The molecule has 0 bridgehead atoms. The maximum Gasteiger partial charge on any atom is 0.165 e. The minimum atomic E-state index is 0.124. The van der Waals surface area contributed by atoms with Gasteiger partial charge in [-0.1, -0.05) is 27.5 Å². The van der Waals surface area contributed by atoms with Crippen LogP contribution in [-0.4, -0.2) is 40.8 Å². The molecule has 0 radical (unpaired) electrons. The van der Waals surface area contributed by atoms with Crippen LogP contribution in [0.15, 0.2) is 22.7 Å². The quantitative estimate of drug-likeness (QED) is 0.721. The van der Waals surface area contributed by atoms with Gasteiger partial charge < -0.3 is 4.90 Å². The first kappa shape index (κ1) is 16.3. The molecule has 20 heavy (non-hydrogen) atoms. The zero-order valence-corrected chi connectivity index (χ0v) is 14.9. The maximum absolute atomic E-state index is 12.2. The van der Waals surface area contributed by atoms with Crippen molar-refractivity contribution in [2.45, 2.75) is 25.0 Å². The molecular formula is C15H19BrClNOS. The van der Waals surface area contributed by atoms with Crippen LogP contribution < -0.4 is 0 Å². The number of carbonyl (C=O) groups excluding carboxylic acids is 1.